The molecule has 1 aliphatic rings. The van der Waals surface area contributed by atoms with Crippen molar-refractivity contribution in [1.29, 1.82) is 0 Å². The summed E-state index contributed by atoms with van der Waals surface area (Å²) in [5, 5.41) is 0. The minimum absolute atomic E-state index is 0.0610. The number of imide groups is 1. The van der Waals surface area contributed by atoms with Gasteiger partial charge in [0, 0.05) is 19.6 Å². The molecule has 2 rings (SSSR count). The lowest BCUT2D eigenvalue weighted by Crippen LogP contribution is -2.37. The van der Waals surface area contributed by atoms with Gasteiger partial charge in [-0.25, -0.2) is 9.18 Å². The summed E-state index contributed by atoms with van der Waals surface area (Å²) in [7, 11) is 1.55. The second-order valence-corrected chi connectivity index (χ2v) is 4.30. The van der Waals surface area contributed by atoms with Gasteiger partial charge >= 0.3 is 6.03 Å². The molecule has 1 unspecified atom stereocenters. The Bertz CT molecular complexity index is 492. The Morgan fingerprint density at radius 1 is 1.44 bits per heavy atom. The van der Waals surface area contributed by atoms with Crippen LogP contribution in [0.4, 0.5) is 9.18 Å². The van der Waals surface area contributed by atoms with E-state index >= 15 is 0 Å². The van der Waals surface area contributed by atoms with Gasteiger partial charge in [-0.3, -0.25) is 9.69 Å². The van der Waals surface area contributed by atoms with Crippen molar-refractivity contribution in [3.05, 3.63) is 35.6 Å². The van der Waals surface area contributed by atoms with Crippen LogP contribution in [0.5, 0.6) is 0 Å². The molecule has 1 fully saturated rings. The van der Waals surface area contributed by atoms with Crippen LogP contribution in [0.3, 0.4) is 0 Å². The first kappa shape index (κ1) is 12.5. The van der Waals surface area contributed by atoms with E-state index in [1.807, 2.05) is 0 Å². The highest BCUT2D eigenvalue weighted by Gasteiger charge is 2.34. The Kier molecular flexibility index (Phi) is 3.29. The Labute approximate surface area is 104 Å². The molecule has 96 valence electrons. The van der Waals surface area contributed by atoms with E-state index in [2.05, 4.69) is 0 Å². The van der Waals surface area contributed by atoms with Gasteiger partial charge in [0.25, 0.3) is 0 Å². The number of amides is 3. The largest absolute Gasteiger partial charge is 0.327 e. The van der Waals surface area contributed by atoms with Crippen molar-refractivity contribution in [3.63, 3.8) is 0 Å². The summed E-state index contributed by atoms with van der Waals surface area (Å²) in [5.41, 5.74) is 6.44. The van der Waals surface area contributed by atoms with E-state index in [0.717, 1.165) is 4.90 Å². The highest BCUT2D eigenvalue weighted by atomic mass is 19.1. The van der Waals surface area contributed by atoms with E-state index in [1.165, 1.54) is 17.0 Å². The van der Waals surface area contributed by atoms with Gasteiger partial charge in [0.2, 0.25) is 5.91 Å². The number of benzene rings is 1. The van der Waals surface area contributed by atoms with Crippen LogP contribution in [0.25, 0.3) is 0 Å². The molecule has 1 aliphatic heterocycles. The predicted molar refractivity (Wildman–Crippen MR) is 63.1 cm³/mol. The third-order valence-electron chi connectivity index (χ3n) is 2.89. The normalized spacial score (nSPS) is 17.5. The second kappa shape index (κ2) is 4.73. The van der Waals surface area contributed by atoms with Crippen LogP contribution in [-0.4, -0.2) is 41.9 Å². The maximum Gasteiger partial charge on any atom is 0.327 e. The summed E-state index contributed by atoms with van der Waals surface area (Å²) >= 11 is 0. The molecule has 0 bridgehead atoms. The van der Waals surface area contributed by atoms with Crippen LogP contribution in [0.2, 0.25) is 0 Å². The van der Waals surface area contributed by atoms with E-state index in [4.69, 9.17) is 5.73 Å². The number of likely N-dealkylation sites (N-methyl/N-ethyl adjacent to an activating group) is 1. The van der Waals surface area contributed by atoms with Crippen LogP contribution in [-0.2, 0) is 4.79 Å². The molecule has 1 saturated heterocycles. The minimum atomic E-state index is -0.583. The summed E-state index contributed by atoms with van der Waals surface area (Å²) in [6.45, 7) is 0.125. The summed E-state index contributed by atoms with van der Waals surface area (Å²) in [6.07, 6.45) is 0. The third kappa shape index (κ3) is 2.33. The van der Waals surface area contributed by atoms with Gasteiger partial charge in [0.05, 0.1) is 0 Å². The van der Waals surface area contributed by atoms with Crippen LogP contribution < -0.4 is 5.73 Å². The van der Waals surface area contributed by atoms with Gasteiger partial charge in [-0.15, -0.1) is 0 Å². The summed E-state index contributed by atoms with van der Waals surface area (Å²) in [4.78, 5) is 25.6. The van der Waals surface area contributed by atoms with Crippen LogP contribution in [0, 0.1) is 5.82 Å². The molecule has 1 heterocycles. The van der Waals surface area contributed by atoms with E-state index in [-0.39, 0.29) is 30.8 Å². The van der Waals surface area contributed by atoms with Gasteiger partial charge in [-0.1, -0.05) is 12.1 Å². The molecule has 5 nitrogen and oxygen atoms in total. The van der Waals surface area contributed by atoms with Crippen molar-refractivity contribution < 1.29 is 14.0 Å². The third-order valence-corrected chi connectivity index (χ3v) is 2.89. The topological polar surface area (TPSA) is 66.6 Å². The van der Waals surface area contributed by atoms with Crippen molar-refractivity contribution in [3.8, 4) is 0 Å². The minimum Gasteiger partial charge on any atom is -0.322 e. The van der Waals surface area contributed by atoms with E-state index in [1.54, 1.807) is 19.2 Å². The summed E-state index contributed by atoms with van der Waals surface area (Å²) in [6, 6.07) is 4.88. The fraction of sp³-hybridized carbons (Fsp3) is 0.333. The first-order valence-electron chi connectivity index (χ1n) is 5.55. The number of nitrogens with two attached hydrogens (primary N) is 1. The number of carbonyl (C=O) groups is 2. The molecule has 1 atom stereocenters. The van der Waals surface area contributed by atoms with E-state index in [9.17, 15) is 14.0 Å². The van der Waals surface area contributed by atoms with Gasteiger partial charge in [-0.2, -0.15) is 0 Å². The van der Waals surface area contributed by atoms with Crippen molar-refractivity contribution in [2.45, 2.75) is 6.04 Å². The molecule has 1 aromatic rings. The van der Waals surface area contributed by atoms with Crippen LogP contribution in [0.1, 0.15) is 11.6 Å². The Hall–Kier alpha value is -1.95. The van der Waals surface area contributed by atoms with Gasteiger partial charge in [0.15, 0.2) is 0 Å². The fourth-order valence-electron chi connectivity index (χ4n) is 1.89. The fourth-order valence-corrected chi connectivity index (χ4v) is 1.89. The average molecular weight is 251 g/mol. The molecule has 0 radical (unpaired) electrons. The lowest BCUT2D eigenvalue weighted by molar-refractivity contribution is -0.125. The summed E-state index contributed by atoms with van der Waals surface area (Å²) in [5.74, 6) is -0.673. The SMILES string of the molecule is CN1CC(=O)N(CC(N)c2cccc(F)c2)C1=O. The summed E-state index contributed by atoms with van der Waals surface area (Å²) < 4.78 is 13.0. The van der Waals surface area contributed by atoms with Crippen molar-refractivity contribution in [2.24, 2.45) is 5.73 Å². The standard InChI is InChI=1S/C12H14FN3O2/c1-15-7-11(17)16(12(15)18)6-10(14)8-3-2-4-9(13)5-8/h2-5,10H,6-7,14H2,1H3. The van der Waals surface area contributed by atoms with E-state index in [0.29, 0.717) is 5.56 Å². The average Bonchev–Trinajstić information content (AvgIpc) is 2.56. The van der Waals surface area contributed by atoms with E-state index < -0.39 is 6.04 Å². The highest BCUT2D eigenvalue weighted by Crippen LogP contribution is 2.16. The zero-order valence-electron chi connectivity index (χ0n) is 9.97. The second-order valence-electron chi connectivity index (χ2n) is 4.30. The molecule has 0 aromatic heterocycles. The van der Waals surface area contributed by atoms with Crippen LogP contribution >= 0.6 is 0 Å². The lowest BCUT2D eigenvalue weighted by Gasteiger charge is -2.19. The predicted octanol–water partition coefficient (Wildman–Crippen LogP) is 0.720. The molecular formula is C12H14FN3O2. The highest BCUT2D eigenvalue weighted by molar-refractivity contribution is 6.01. The number of hydrogen-bond donors (Lipinski definition) is 1. The zero-order chi connectivity index (χ0) is 13.3. The Morgan fingerprint density at radius 2 is 2.17 bits per heavy atom. The first-order chi connectivity index (χ1) is 8.49. The Morgan fingerprint density at radius 3 is 2.72 bits per heavy atom. The van der Waals surface area contributed by atoms with Gasteiger partial charge in [-0.05, 0) is 17.7 Å². The molecule has 0 spiro atoms. The maximum atomic E-state index is 13.0. The number of rotatable bonds is 3. The monoisotopic (exact) mass is 251 g/mol. The quantitative estimate of drug-likeness (QED) is 0.805. The molecular weight excluding hydrogens is 237 g/mol. The number of hydrogen-bond acceptors (Lipinski definition) is 3. The van der Waals surface area contributed by atoms with Gasteiger partial charge < -0.3 is 10.6 Å². The lowest BCUT2D eigenvalue weighted by atomic mass is 10.1. The smallest absolute Gasteiger partial charge is 0.322 e. The van der Waals surface area contributed by atoms with Gasteiger partial charge in [0.1, 0.15) is 12.4 Å². The van der Waals surface area contributed by atoms with Crippen molar-refractivity contribution in [2.75, 3.05) is 20.1 Å². The first-order valence-corrected chi connectivity index (χ1v) is 5.55. The number of urea groups is 1. The molecule has 1 aromatic carbocycles. The molecule has 18 heavy (non-hydrogen) atoms. The molecule has 6 heteroatoms. The van der Waals surface area contributed by atoms with Crippen molar-refractivity contribution in [1.82, 2.24) is 9.80 Å². The maximum absolute atomic E-state index is 13.0. The van der Waals surface area contributed by atoms with Crippen molar-refractivity contribution >= 4 is 11.9 Å². The molecule has 0 saturated carbocycles. The number of nitrogens with zero attached hydrogens (tertiary/aromatic N) is 2. The number of carbonyl (C=O) groups excluding carboxylic acids is 2. The molecule has 2 N–H and O–H groups in total. The zero-order valence-corrected chi connectivity index (χ0v) is 9.97. The number of halogens is 1. The Balaban J connectivity index is 2.10. The molecule has 0 aliphatic carbocycles. The molecule has 3 amide bonds. The van der Waals surface area contributed by atoms with Crippen LogP contribution in [0.15, 0.2) is 24.3 Å².